The van der Waals surface area contributed by atoms with E-state index in [9.17, 15) is 9.59 Å². The molecule has 1 amide bonds. The van der Waals surface area contributed by atoms with Crippen molar-refractivity contribution in [2.45, 2.75) is 32.7 Å². The molecule has 1 saturated heterocycles. The maximum absolute atomic E-state index is 11.9. The zero-order chi connectivity index (χ0) is 12.8. The summed E-state index contributed by atoms with van der Waals surface area (Å²) in [6.07, 6.45) is 1.66. The lowest BCUT2D eigenvalue weighted by atomic mass is 9.98. The summed E-state index contributed by atoms with van der Waals surface area (Å²) in [5, 5.41) is 5.94. The van der Waals surface area contributed by atoms with Gasteiger partial charge in [0.05, 0.1) is 13.0 Å². The molecule has 1 aliphatic heterocycles. The highest BCUT2D eigenvalue weighted by atomic mass is 35.5. The Labute approximate surface area is 114 Å². The van der Waals surface area contributed by atoms with Crippen LogP contribution < -0.4 is 10.6 Å². The number of methoxy groups -OCH3 is 1. The van der Waals surface area contributed by atoms with Gasteiger partial charge in [0.25, 0.3) is 0 Å². The van der Waals surface area contributed by atoms with E-state index in [-0.39, 0.29) is 36.1 Å². The second-order valence-electron chi connectivity index (χ2n) is 4.58. The average molecular weight is 279 g/mol. The maximum Gasteiger partial charge on any atom is 0.328 e. The number of nitrogens with one attached hydrogen (secondary N) is 2. The summed E-state index contributed by atoms with van der Waals surface area (Å²) >= 11 is 0. The Morgan fingerprint density at radius 2 is 2.17 bits per heavy atom. The van der Waals surface area contributed by atoms with E-state index in [1.54, 1.807) is 0 Å². The van der Waals surface area contributed by atoms with Crippen LogP contribution in [0.1, 0.15) is 26.7 Å². The van der Waals surface area contributed by atoms with Gasteiger partial charge in [-0.05, 0) is 18.9 Å². The Hall–Kier alpha value is -0.810. The van der Waals surface area contributed by atoms with Gasteiger partial charge in [0, 0.05) is 6.54 Å². The van der Waals surface area contributed by atoms with Gasteiger partial charge in [-0.3, -0.25) is 4.79 Å². The van der Waals surface area contributed by atoms with E-state index in [0.29, 0.717) is 6.54 Å². The smallest absolute Gasteiger partial charge is 0.328 e. The predicted octanol–water partition coefficient (Wildman–Crippen LogP) is 0.722. The normalized spacial score (nSPS) is 21.6. The molecule has 3 atom stereocenters. The molecule has 1 aliphatic rings. The predicted molar refractivity (Wildman–Crippen MR) is 71.6 cm³/mol. The number of rotatable bonds is 5. The number of amides is 1. The first kappa shape index (κ1) is 17.2. The van der Waals surface area contributed by atoms with Crippen LogP contribution in [0.25, 0.3) is 0 Å². The molecule has 0 radical (unpaired) electrons. The van der Waals surface area contributed by atoms with Crippen LogP contribution >= 0.6 is 12.4 Å². The molecule has 6 heteroatoms. The standard InChI is InChI=1S/C12H22N2O3.ClH/c1-4-8(2)10(12(16)17-3)14-11(15)9-5-6-13-7-9;/h8-10,13H,4-7H2,1-3H3,(H,14,15);1H/t8-,9?,10-;/m0./s1. The van der Waals surface area contributed by atoms with Crippen LogP contribution in [0.2, 0.25) is 0 Å². The van der Waals surface area contributed by atoms with Crippen LogP contribution in [0.15, 0.2) is 0 Å². The number of hydrogen-bond donors (Lipinski definition) is 2. The number of halogens is 1. The molecule has 5 nitrogen and oxygen atoms in total. The quantitative estimate of drug-likeness (QED) is 0.728. The Balaban J connectivity index is 0.00000289. The van der Waals surface area contributed by atoms with Crippen LogP contribution in [0.3, 0.4) is 0 Å². The van der Waals surface area contributed by atoms with Gasteiger partial charge in [0.15, 0.2) is 0 Å². The Kier molecular flexibility index (Phi) is 7.95. The van der Waals surface area contributed by atoms with Crippen molar-refractivity contribution < 1.29 is 14.3 Å². The molecule has 0 aromatic carbocycles. The second kappa shape index (κ2) is 8.32. The highest BCUT2D eigenvalue weighted by Gasteiger charge is 2.30. The van der Waals surface area contributed by atoms with E-state index in [4.69, 9.17) is 4.74 Å². The van der Waals surface area contributed by atoms with Crippen molar-refractivity contribution >= 4 is 24.3 Å². The Bertz CT molecular complexity index is 280. The molecule has 106 valence electrons. The highest BCUT2D eigenvalue weighted by molar-refractivity contribution is 5.86. The summed E-state index contributed by atoms with van der Waals surface area (Å²) in [6, 6.07) is -0.530. The lowest BCUT2D eigenvalue weighted by Crippen LogP contribution is -2.48. The number of carbonyl (C=O) groups is 2. The maximum atomic E-state index is 11.9. The van der Waals surface area contributed by atoms with Crippen molar-refractivity contribution in [2.75, 3.05) is 20.2 Å². The minimum atomic E-state index is -0.530. The van der Waals surface area contributed by atoms with Gasteiger partial charge in [0.2, 0.25) is 5.91 Å². The van der Waals surface area contributed by atoms with Crippen molar-refractivity contribution in [3.05, 3.63) is 0 Å². The van der Waals surface area contributed by atoms with Crippen molar-refractivity contribution in [2.24, 2.45) is 11.8 Å². The molecule has 0 bridgehead atoms. The molecule has 0 aromatic rings. The van der Waals surface area contributed by atoms with E-state index < -0.39 is 6.04 Å². The minimum absolute atomic E-state index is 0. The fourth-order valence-electron chi connectivity index (χ4n) is 1.95. The van der Waals surface area contributed by atoms with Crippen molar-refractivity contribution in [3.63, 3.8) is 0 Å². The van der Waals surface area contributed by atoms with Gasteiger partial charge in [-0.25, -0.2) is 4.79 Å². The first-order valence-corrected chi connectivity index (χ1v) is 6.19. The lowest BCUT2D eigenvalue weighted by molar-refractivity contribution is -0.147. The van der Waals surface area contributed by atoms with Gasteiger partial charge in [-0.15, -0.1) is 12.4 Å². The lowest BCUT2D eigenvalue weighted by Gasteiger charge is -2.23. The summed E-state index contributed by atoms with van der Waals surface area (Å²) in [6.45, 7) is 5.49. The third kappa shape index (κ3) is 4.46. The molecular weight excluding hydrogens is 256 g/mol. The van der Waals surface area contributed by atoms with Gasteiger partial charge in [-0.2, -0.15) is 0 Å². The van der Waals surface area contributed by atoms with Crippen LogP contribution in [-0.2, 0) is 14.3 Å². The third-order valence-electron chi connectivity index (χ3n) is 3.40. The molecule has 1 rings (SSSR count). The first-order valence-electron chi connectivity index (χ1n) is 6.19. The monoisotopic (exact) mass is 278 g/mol. The van der Waals surface area contributed by atoms with E-state index in [0.717, 1.165) is 19.4 Å². The largest absolute Gasteiger partial charge is 0.467 e. The zero-order valence-electron chi connectivity index (χ0n) is 11.2. The second-order valence-corrected chi connectivity index (χ2v) is 4.58. The molecule has 0 saturated carbocycles. The Morgan fingerprint density at radius 1 is 1.50 bits per heavy atom. The summed E-state index contributed by atoms with van der Waals surface area (Å²) < 4.78 is 4.73. The van der Waals surface area contributed by atoms with E-state index in [1.165, 1.54) is 7.11 Å². The number of hydrogen-bond acceptors (Lipinski definition) is 4. The van der Waals surface area contributed by atoms with Gasteiger partial charge >= 0.3 is 5.97 Å². The summed E-state index contributed by atoms with van der Waals surface area (Å²) in [7, 11) is 1.35. The van der Waals surface area contributed by atoms with Crippen LogP contribution in [0, 0.1) is 11.8 Å². The van der Waals surface area contributed by atoms with Gasteiger partial charge < -0.3 is 15.4 Å². The first-order chi connectivity index (χ1) is 8.10. The van der Waals surface area contributed by atoms with Crippen LogP contribution in [-0.4, -0.2) is 38.1 Å². The van der Waals surface area contributed by atoms with Crippen molar-refractivity contribution in [1.82, 2.24) is 10.6 Å². The SMILES string of the molecule is CC[C@H](C)[C@H](NC(=O)C1CCNC1)C(=O)OC.Cl. The minimum Gasteiger partial charge on any atom is -0.467 e. The summed E-state index contributed by atoms with van der Waals surface area (Å²) in [5.41, 5.74) is 0. The highest BCUT2D eigenvalue weighted by Crippen LogP contribution is 2.12. The number of esters is 1. The van der Waals surface area contributed by atoms with Gasteiger partial charge in [-0.1, -0.05) is 20.3 Å². The van der Waals surface area contributed by atoms with Crippen molar-refractivity contribution in [1.29, 1.82) is 0 Å². The number of ether oxygens (including phenoxy) is 1. The summed E-state index contributed by atoms with van der Waals surface area (Å²) in [5.74, 6) is -0.351. The molecule has 18 heavy (non-hydrogen) atoms. The van der Waals surface area contributed by atoms with E-state index in [2.05, 4.69) is 10.6 Å². The van der Waals surface area contributed by atoms with Crippen LogP contribution in [0.5, 0.6) is 0 Å². The molecule has 1 unspecified atom stereocenters. The molecule has 0 aromatic heterocycles. The van der Waals surface area contributed by atoms with Crippen molar-refractivity contribution in [3.8, 4) is 0 Å². The number of carbonyl (C=O) groups excluding carboxylic acids is 2. The fourth-order valence-corrected chi connectivity index (χ4v) is 1.95. The fraction of sp³-hybridized carbons (Fsp3) is 0.833. The molecule has 1 heterocycles. The zero-order valence-corrected chi connectivity index (χ0v) is 12.0. The molecule has 0 aliphatic carbocycles. The van der Waals surface area contributed by atoms with E-state index in [1.807, 2.05) is 13.8 Å². The molecule has 1 fully saturated rings. The molecule has 2 N–H and O–H groups in total. The average Bonchev–Trinajstić information content (AvgIpc) is 2.87. The Morgan fingerprint density at radius 3 is 2.61 bits per heavy atom. The topological polar surface area (TPSA) is 67.4 Å². The summed E-state index contributed by atoms with van der Waals surface area (Å²) in [4.78, 5) is 23.5. The third-order valence-corrected chi connectivity index (χ3v) is 3.40. The molecular formula is C12H23ClN2O3. The van der Waals surface area contributed by atoms with Gasteiger partial charge in [0.1, 0.15) is 6.04 Å². The van der Waals surface area contributed by atoms with E-state index >= 15 is 0 Å². The van der Waals surface area contributed by atoms with Crippen LogP contribution in [0.4, 0.5) is 0 Å². The molecule has 0 spiro atoms.